The van der Waals surface area contributed by atoms with Gasteiger partial charge in [0.25, 0.3) is 0 Å². The molecule has 2 aromatic carbocycles. The third kappa shape index (κ3) is 12.0. The molecule has 2 atom stereocenters. The van der Waals surface area contributed by atoms with E-state index in [1.54, 1.807) is 11.3 Å². The minimum absolute atomic E-state index is 0. The maximum Gasteiger partial charge on any atom is 0.408 e. The zero-order valence-corrected chi connectivity index (χ0v) is 40.1. The smallest absolute Gasteiger partial charge is 0.408 e. The van der Waals surface area contributed by atoms with Crippen molar-refractivity contribution in [3.8, 4) is 0 Å². The van der Waals surface area contributed by atoms with Crippen LogP contribution in [0.25, 0.3) is 0 Å². The zero-order chi connectivity index (χ0) is 35.5. The SMILES string of the molecule is Brc1nnc(Br)s1.C.CC(C)(C)OC(=O)N[C@@H]1c2ccccc2CC12CCN(c1ncc(Br)s1)CC2.Cl.Cl.I.N[C@@H]1c2ccccc2CC12CCNCC2. The van der Waals surface area contributed by atoms with Gasteiger partial charge in [0.05, 0.1) is 16.0 Å². The molecule has 4 aromatic rings. The van der Waals surface area contributed by atoms with Gasteiger partial charge in [-0.1, -0.05) is 78.6 Å². The predicted molar refractivity (Wildman–Crippen MR) is 250 cm³/mol. The molecule has 0 saturated carbocycles. The summed E-state index contributed by atoms with van der Waals surface area (Å²) in [5.74, 6) is 0. The van der Waals surface area contributed by atoms with Crippen LogP contribution in [0.2, 0.25) is 0 Å². The van der Waals surface area contributed by atoms with Gasteiger partial charge in [-0.3, -0.25) is 0 Å². The topological polar surface area (TPSA) is 118 Å². The number of aromatic nitrogens is 3. The summed E-state index contributed by atoms with van der Waals surface area (Å²) >= 11 is 12.9. The average Bonchev–Trinajstić information content (AvgIpc) is 3.83. The van der Waals surface area contributed by atoms with Crippen molar-refractivity contribution in [3.05, 3.63) is 88.6 Å². The third-order valence-corrected chi connectivity index (χ3v) is 13.6. The fourth-order valence-corrected chi connectivity index (χ4v) is 11.1. The van der Waals surface area contributed by atoms with Crippen LogP contribution < -0.4 is 21.3 Å². The monoisotopic (exact) mass is 1120 g/mol. The van der Waals surface area contributed by atoms with Crippen LogP contribution in [0.4, 0.5) is 9.93 Å². The molecular formula is C37H51Br3Cl2IN7O2S2. The van der Waals surface area contributed by atoms with E-state index in [-0.39, 0.29) is 79.8 Å². The molecule has 2 fully saturated rings. The molecule has 54 heavy (non-hydrogen) atoms. The molecule has 300 valence electrons. The average molecular weight is 1130 g/mol. The molecule has 8 rings (SSSR count). The number of piperidine rings is 2. The zero-order valence-electron chi connectivity index (χ0n) is 29.8. The van der Waals surface area contributed by atoms with Crippen LogP contribution in [-0.2, 0) is 17.6 Å². The first kappa shape index (κ1) is 49.5. The Kier molecular flexibility index (Phi) is 19.6. The van der Waals surface area contributed by atoms with Gasteiger partial charge >= 0.3 is 6.09 Å². The van der Waals surface area contributed by atoms with Crippen molar-refractivity contribution in [3.63, 3.8) is 0 Å². The van der Waals surface area contributed by atoms with Gasteiger partial charge in [-0.2, -0.15) is 0 Å². The number of carbonyl (C=O) groups excluding carboxylic acids is 1. The molecule has 4 N–H and O–H groups in total. The van der Waals surface area contributed by atoms with Gasteiger partial charge in [0.2, 0.25) is 0 Å². The van der Waals surface area contributed by atoms with E-state index in [0.29, 0.717) is 5.41 Å². The quantitative estimate of drug-likeness (QED) is 0.170. The van der Waals surface area contributed by atoms with Crippen LogP contribution in [0.15, 0.2) is 66.3 Å². The van der Waals surface area contributed by atoms with Gasteiger partial charge in [0.1, 0.15) is 5.60 Å². The lowest BCUT2D eigenvalue weighted by molar-refractivity contribution is 0.0428. The highest BCUT2D eigenvalue weighted by Gasteiger charge is 2.49. The normalized spacial score (nSPS) is 19.8. The van der Waals surface area contributed by atoms with Crippen LogP contribution in [0, 0.1) is 10.8 Å². The van der Waals surface area contributed by atoms with Gasteiger partial charge in [-0.15, -0.1) is 59.0 Å². The number of nitrogens with zero attached hydrogens (tertiary/aromatic N) is 4. The minimum atomic E-state index is -0.503. The fourth-order valence-electron chi connectivity index (χ4n) is 7.86. The summed E-state index contributed by atoms with van der Waals surface area (Å²) in [6, 6.07) is 17.4. The summed E-state index contributed by atoms with van der Waals surface area (Å²) in [5.41, 5.74) is 11.8. The molecule has 2 saturated heterocycles. The summed E-state index contributed by atoms with van der Waals surface area (Å²) in [4.78, 5) is 19.4. The number of ether oxygens (including phenoxy) is 1. The van der Waals surface area contributed by atoms with Crippen LogP contribution >= 0.6 is 119 Å². The number of hydrogen-bond donors (Lipinski definition) is 3. The number of rotatable bonds is 2. The van der Waals surface area contributed by atoms with Gasteiger partial charge in [-0.05, 0) is 148 Å². The number of thiazole rings is 1. The maximum absolute atomic E-state index is 12.6. The Hall–Kier alpha value is -0.630. The standard InChI is InChI=1S/C21H26BrN3O2S.C13H18N2.C2Br2N2S.CH4.2ClH.HI/c1-20(2,3)27-19(26)24-17-15-7-5-4-6-14(15)12-21(17)8-10-25(11-9-21)18-23-13-16(22)28-18;14-12-11-4-2-1-3-10(11)9-13(12)5-7-15-8-6-13;3-1-5-6-2(4)7-1;;;;/h4-7,13,17H,8-12H2,1-3H3,(H,24,26);1-4,12,15H,5-9,14H2;;1H4;3*1H/t17-;12-;;;;;/m11...../s1. The van der Waals surface area contributed by atoms with Gasteiger partial charge in [-0.25, -0.2) is 9.78 Å². The second kappa shape index (κ2) is 21.4. The Morgan fingerprint density at radius 3 is 1.93 bits per heavy atom. The van der Waals surface area contributed by atoms with E-state index >= 15 is 0 Å². The van der Waals surface area contributed by atoms with Gasteiger partial charge in [0, 0.05) is 24.5 Å². The molecule has 2 aromatic heterocycles. The van der Waals surface area contributed by atoms with Crippen LogP contribution in [0.1, 0.15) is 88.2 Å². The van der Waals surface area contributed by atoms with Crippen LogP contribution in [-0.4, -0.2) is 53.1 Å². The largest absolute Gasteiger partial charge is 0.444 e. The summed E-state index contributed by atoms with van der Waals surface area (Å²) in [7, 11) is 0. The van der Waals surface area contributed by atoms with Crippen molar-refractivity contribution in [2.75, 3.05) is 31.1 Å². The first-order chi connectivity index (χ1) is 23.9. The number of halogens is 6. The fraction of sp³-hybridized carbons (Fsp3) is 0.514. The number of anilines is 1. The van der Waals surface area contributed by atoms with Crippen molar-refractivity contribution in [1.82, 2.24) is 25.8 Å². The highest BCUT2D eigenvalue weighted by atomic mass is 127. The Bertz CT molecular complexity index is 1770. The van der Waals surface area contributed by atoms with E-state index < -0.39 is 5.60 Å². The maximum atomic E-state index is 12.6. The lowest BCUT2D eigenvalue weighted by atomic mass is 9.73. The summed E-state index contributed by atoms with van der Waals surface area (Å²) in [6.07, 6.45) is 8.19. The predicted octanol–water partition coefficient (Wildman–Crippen LogP) is 11.1. The molecule has 1 amide bonds. The Labute approximate surface area is 382 Å². The summed E-state index contributed by atoms with van der Waals surface area (Å²) in [6.45, 7) is 9.84. The second-order valence-electron chi connectivity index (χ2n) is 14.5. The van der Waals surface area contributed by atoms with Crippen LogP contribution in [0.5, 0.6) is 0 Å². The van der Waals surface area contributed by atoms with Crippen molar-refractivity contribution in [1.29, 1.82) is 0 Å². The number of carbonyl (C=O) groups is 1. The number of alkyl carbamates (subject to hydrolysis) is 1. The number of nitrogens with one attached hydrogen (secondary N) is 2. The van der Waals surface area contributed by atoms with E-state index in [2.05, 4.69) is 127 Å². The van der Waals surface area contributed by atoms with E-state index in [4.69, 9.17) is 10.5 Å². The lowest BCUT2D eigenvalue weighted by Crippen LogP contribution is -2.47. The van der Waals surface area contributed by atoms with Gasteiger partial charge in [0.15, 0.2) is 13.0 Å². The van der Waals surface area contributed by atoms with Crippen LogP contribution in [0.3, 0.4) is 0 Å². The molecular weight excluding hydrogens is 1080 g/mol. The highest BCUT2D eigenvalue weighted by molar-refractivity contribution is 14.0. The number of nitrogens with two attached hydrogens (primary N) is 1. The molecule has 0 radical (unpaired) electrons. The Balaban J connectivity index is 0.000000326. The molecule has 9 nitrogen and oxygen atoms in total. The van der Waals surface area contributed by atoms with E-state index in [1.807, 2.05) is 27.0 Å². The Morgan fingerprint density at radius 1 is 0.889 bits per heavy atom. The van der Waals surface area contributed by atoms with Crippen molar-refractivity contribution in [2.45, 2.75) is 84.4 Å². The minimum Gasteiger partial charge on any atom is -0.444 e. The molecule has 2 spiro atoms. The summed E-state index contributed by atoms with van der Waals surface area (Å²) < 4.78 is 8.23. The molecule has 4 heterocycles. The molecule has 0 bridgehead atoms. The van der Waals surface area contributed by atoms with Crippen molar-refractivity contribution in [2.24, 2.45) is 16.6 Å². The Morgan fingerprint density at radius 2 is 1.43 bits per heavy atom. The number of amides is 1. The van der Waals surface area contributed by atoms with E-state index in [0.717, 1.165) is 62.2 Å². The molecule has 17 heteroatoms. The summed E-state index contributed by atoms with van der Waals surface area (Å²) in [5, 5.41) is 15.0. The van der Waals surface area contributed by atoms with Crippen molar-refractivity contribution >= 4 is 130 Å². The molecule has 2 aliphatic carbocycles. The molecule has 4 aliphatic rings. The third-order valence-electron chi connectivity index (χ3n) is 10.2. The number of benzene rings is 2. The first-order valence-corrected chi connectivity index (χ1v) is 21.0. The first-order valence-electron chi connectivity index (χ1n) is 17.0. The lowest BCUT2D eigenvalue weighted by Gasteiger charge is -2.43. The van der Waals surface area contributed by atoms with E-state index in [9.17, 15) is 4.79 Å². The van der Waals surface area contributed by atoms with Crippen molar-refractivity contribution < 1.29 is 9.53 Å². The number of hydrogen-bond acceptors (Lipinski definition) is 10. The molecule has 2 aliphatic heterocycles. The van der Waals surface area contributed by atoms with E-state index in [1.165, 1.54) is 52.9 Å². The second-order valence-corrected chi connectivity index (χ2v) is 20.4. The van der Waals surface area contributed by atoms with Gasteiger partial charge < -0.3 is 26.0 Å². The number of fused-ring (bicyclic) bond motifs is 2. The highest BCUT2D eigenvalue weighted by Crippen LogP contribution is 2.53. The molecule has 0 unspecified atom stereocenters.